The summed E-state index contributed by atoms with van der Waals surface area (Å²) in [5.41, 5.74) is 2.12. The Morgan fingerprint density at radius 3 is 2.11 bits per heavy atom. The summed E-state index contributed by atoms with van der Waals surface area (Å²) in [6, 6.07) is 20.1. The van der Waals surface area contributed by atoms with Crippen LogP contribution in [0.3, 0.4) is 0 Å². The van der Waals surface area contributed by atoms with Crippen molar-refractivity contribution in [1.82, 2.24) is 14.7 Å². The number of likely N-dealkylation sites (tertiary alicyclic amines) is 1. The molecule has 2 aliphatic rings. The van der Waals surface area contributed by atoms with Gasteiger partial charge in [0.1, 0.15) is 12.4 Å². The number of benzene rings is 3. The molecule has 0 aliphatic carbocycles. The first-order chi connectivity index (χ1) is 17.9. The molecule has 2 amide bonds. The van der Waals surface area contributed by atoms with E-state index in [-0.39, 0.29) is 18.4 Å². The number of amides is 2. The van der Waals surface area contributed by atoms with E-state index >= 15 is 0 Å². The second kappa shape index (κ2) is 11.3. The Morgan fingerprint density at radius 1 is 0.730 bits per heavy atom. The minimum Gasteiger partial charge on any atom is -0.487 e. The maximum absolute atomic E-state index is 13.0. The van der Waals surface area contributed by atoms with Gasteiger partial charge in [-0.3, -0.25) is 14.5 Å². The second-order valence-electron chi connectivity index (χ2n) is 9.24. The molecule has 2 aliphatic heterocycles. The van der Waals surface area contributed by atoms with Gasteiger partial charge in [0.15, 0.2) is 0 Å². The van der Waals surface area contributed by atoms with Crippen LogP contribution >= 0.6 is 34.8 Å². The summed E-state index contributed by atoms with van der Waals surface area (Å²) >= 11 is 18.4. The van der Waals surface area contributed by atoms with Gasteiger partial charge in [-0.05, 0) is 48.0 Å². The Kier molecular flexibility index (Phi) is 7.91. The van der Waals surface area contributed by atoms with Crippen LogP contribution in [0.2, 0.25) is 15.1 Å². The Hall–Kier alpha value is -2.77. The van der Waals surface area contributed by atoms with Crippen LogP contribution in [0, 0.1) is 0 Å². The fourth-order valence-corrected chi connectivity index (χ4v) is 5.19. The molecule has 5 rings (SSSR count). The minimum absolute atomic E-state index is 0.0490. The first kappa shape index (κ1) is 25.9. The molecule has 2 heterocycles. The Labute approximate surface area is 231 Å². The molecule has 6 nitrogen and oxygen atoms in total. The summed E-state index contributed by atoms with van der Waals surface area (Å²) in [6.45, 7) is 4.61. The third-order valence-corrected chi connectivity index (χ3v) is 7.88. The van der Waals surface area contributed by atoms with Gasteiger partial charge in [0.05, 0.1) is 15.1 Å². The maximum atomic E-state index is 13.0. The van der Waals surface area contributed by atoms with Crippen molar-refractivity contribution in [3.8, 4) is 5.75 Å². The summed E-state index contributed by atoms with van der Waals surface area (Å²) in [5, 5.41) is 1.33. The topological polar surface area (TPSA) is 53.1 Å². The Morgan fingerprint density at radius 2 is 1.43 bits per heavy atom. The minimum atomic E-state index is -0.0490. The normalized spacial score (nSPS) is 16.4. The average molecular weight is 559 g/mol. The molecular weight excluding hydrogens is 533 g/mol. The number of carbonyl (C=O) groups excluding carboxylic acids is 2. The van der Waals surface area contributed by atoms with E-state index < -0.39 is 0 Å². The molecule has 9 heteroatoms. The van der Waals surface area contributed by atoms with Crippen LogP contribution in [-0.4, -0.2) is 71.8 Å². The van der Waals surface area contributed by atoms with Crippen molar-refractivity contribution < 1.29 is 14.3 Å². The highest BCUT2D eigenvalue weighted by molar-refractivity contribution is 6.42. The van der Waals surface area contributed by atoms with Crippen LogP contribution in [0.25, 0.3) is 0 Å². The molecule has 0 aromatic heterocycles. The summed E-state index contributed by atoms with van der Waals surface area (Å²) in [5.74, 6) is 0.521. The molecule has 0 saturated carbocycles. The first-order valence-corrected chi connectivity index (χ1v) is 13.3. The van der Waals surface area contributed by atoms with E-state index in [0.717, 1.165) is 24.2 Å². The van der Waals surface area contributed by atoms with Crippen LogP contribution < -0.4 is 4.74 Å². The van der Waals surface area contributed by atoms with Gasteiger partial charge in [-0.2, -0.15) is 0 Å². The highest BCUT2D eigenvalue weighted by Gasteiger charge is 2.37. The molecule has 2 fully saturated rings. The molecule has 0 atom stereocenters. The fraction of sp³-hybridized carbons (Fsp3) is 0.286. The molecule has 0 unspecified atom stereocenters. The fourth-order valence-electron chi connectivity index (χ4n) is 4.63. The smallest absolute Gasteiger partial charge is 0.254 e. The zero-order valence-electron chi connectivity index (χ0n) is 20.1. The van der Waals surface area contributed by atoms with Crippen molar-refractivity contribution in [3.05, 3.63) is 98.5 Å². The number of hydrogen-bond acceptors (Lipinski definition) is 4. The summed E-state index contributed by atoms with van der Waals surface area (Å²) in [4.78, 5) is 31.8. The monoisotopic (exact) mass is 557 g/mol. The lowest BCUT2D eigenvalue weighted by Gasteiger charge is -2.48. The van der Waals surface area contributed by atoms with Crippen molar-refractivity contribution in [2.24, 2.45) is 0 Å². The number of halogens is 3. The van der Waals surface area contributed by atoms with Gasteiger partial charge >= 0.3 is 0 Å². The van der Waals surface area contributed by atoms with Gasteiger partial charge in [0.25, 0.3) is 11.8 Å². The van der Waals surface area contributed by atoms with Crippen molar-refractivity contribution >= 4 is 46.6 Å². The molecule has 3 aromatic rings. The molecule has 37 heavy (non-hydrogen) atoms. The van der Waals surface area contributed by atoms with Gasteiger partial charge in [0.2, 0.25) is 0 Å². The van der Waals surface area contributed by atoms with E-state index in [1.807, 2.05) is 46.2 Å². The van der Waals surface area contributed by atoms with Gasteiger partial charge < -0.3 is 14.5 Å². The summed E-state index contributed by atoms with van der Waals surface area (Å²) in [6.07, 6.45) is 0. The lowest BCUT2D eigenvalue weighted by atomic mass is 10.0. The van der Waals surface area contributed by atoms with E-state index in [1.54, 1.807) is 30.3 Å². The first-order valence-electron chi connectivity index (χ1n) is 12.1. The predicted molar refractivity (Wildman–Crippen MR) is 146 cm³/mol. The van der Waals surface area contributed by atoms with Crippen LogP contribution in [0.15, 0.2) is 66.7 Å². The lowest BCUT2D eigenvalue weighted by Crippen LogP contribution is -2.64. The largest absolute Gasteiger partial charge is 0.487 e. The second-order valence-corrected chi connectivity index (χ2v) is 10.5. The van der Waals surface area contributed by atoms with Crippen LogP contribution in [0.4, 0.5) is 0 Å². The molecule has 192 valence electrons. The number of nitrogens with zero attached hydrogens (tertiary/aromatic N) is 3. The predicted octanol–water partition coefficient (Wildman–Crippen LogP) is 5.51. The van der Waals surface area contributed by atoms with Crippen molar-refractivity contribution in [1.29, 1.82) is 0 Å². The lowest BCUT2D eigenvalue weighted by molar-refractivity contribution is 0.00853. The molecule has 3 aromatic carbocycles. The number of hydrogen-bond donors (Lipinski definition) is 0. The van der Waals surface area contributed by atoms with E-state index in [9.17, 15) is 9.59 Å². The van der Waals surface area contributed by atoms with Gasteiger partial charge in [-0.1, -0.05) is 59.1 Å². The molecule has 0 N–H and O–H groups in total. The molecule has 2 saturated heterocycles. The Bertz CT molecular complexity index is 1290. The third-order valence-electron chi connectivity index (χ3n) is 6.85. The van der Waals surface area contributed by atoms with E-state index in [1.165, 1.54) is 0 Å². The number of piperazine rings is 1. The summed E-state index contributed by atoms with van der Waals surface area (Å²) in [7, 11) is 0. The highest BCUT2D eigenvalue weighted by Crippen LogP contribution is 2.29. The quantitative estimate of drug-likeness (QED) is 0.400. The van der Waals surface area contributed by atoms with Crippen molar-refractivity contribution in [3.63, 3.8) is 0 Å². The van der Waals surface area contributed by atoms with Crippen molar-refractivity contribution in [2.75, 3.05) is 39.3 Å². The number of ether oxygens (including phenoxy) is 1. The zero-order valence-corrected chi connectivity index (χ0v) is 22.3. The zero-order chi connectivity index (χ0) is 25.9. The molecule has 0 radical (unpaired) electrons. The maximum Gasteiger partial charge on any atom is 0.254 e. The SMILES string of the molecule is O=C(c1ccccc1)N1CCN(C2CN(C(=O)c3ccc(OCc4ccc(Cl)c(Cl)c4)c(Cl)c3)C2)CC1. The molecular formula is C28H26Cl3N3O3. The van der Waals surface area contributed by atoms with E-state index in [2.05, 4.69) is 4.90 Å². The average Bonchev–Trinajstić information content (AvgIpc) is 2.89. The van der Waals surface area contributed by atoms with Gasteiger partial charge in [-0.25, -0.2) is 0 Å². The van der Waals surface area contributed by atoms with Crippen LogP contribution in [0.1, 0.15) is 26.3 Å². The number of carbonyl (C=O) groups is 2. The third kappa shape index (κ3) is 5.88. The van der Waals surface area contributed by atoms with Crippen LogP contribution in [0.5, 0.6) is 5.75 Å². The Balaban J connectivity index is 1.10. The standard InChI is InChI=1S/C28H26Cl3N3O3/c29-23-8-6-19(14-24(23)30)18-37-26-9-7-21(15-25(26)31)28(36)34-16-22(17-34)32-10-12-33(13-11-32)27(35)20-4-2-1-3-5-20/h1-9,14-15,22H,10-13,16-18H2. The van der Waals surface area contributed by atoms with Crippen molar-refractivity contribution in [2.45, 2.75) is 12.6 Å². The van der Waals surface area contributed by atoms with Gasteiger partial charge in [-0.15, -0.1) is 0 Å². The highest BCUT2D eigenvalue weighted by atomic mass is 35.5. The van der Waals surface area contributed by atoms with Crippen LogP contribution in [-0.2, 0) is 6.61 Å². The van der Waals surface area contributed by atoms with E-state index in [4.69, 9.17) is 39.5 Å². The molecule has 0 spiro atoms. The number of rotatable bonds is 6. The van der Waals surface area contributed by atoms with Gasteiger partial charge in [0, 0.05) is 56.4 Å². The van der Waals surface area contributed by atoms with E-state index in [0.29, 0.717) is 58.6 Å². The molecule has 0 bridgehead atoms. The summed E-state index contributed by atoms with van der Waals surface area (Å²) < 4.78 is 5.81.